The molecule has 0 radical (unpaired) electrons. The topological polar surface area (TPSA) is 63.4 Å². The van der Waals surface area contributed by atoms with Crippen molar-refractivity contribution in [1.82, 2.24) is 10.3 Å². The minimum absolute atomic E-state index is 0.0358. The molecule has 4 rings (SSSR count). The number of methoxy groups -OCH3 is 1. The summed E-state index contributed by atoms with van der Waals surface area (Å²) in [5, 5.41) is 4.61. The number of H-pyrrole nitrogens is 1. The highest BCUT2D eigenvalue weighted by molar-refractivity contribution is 6.32. The second-order valence-electron chi connectivity index (χ2n) is 7.14. The van der Waals surface area contributed by atoms with Crippen LogP contribution in [0.4, 0.5) is 0 Å². The van der Waals surface area contributed by atoms with Gasteiger partial charge in [-0.05, 0) is 41.5 Å². The maximum absolute atomic E-state index is 12.5. The molecule has 1 heterocycles. The van der Waals surface area contributed by atoms with Crippen molar-refractivity contribution in [3.8, 4) is 11.5 Å². The number of benzene rings is 3. The summed E-state index contributed by atoms with van der Waals surface area (Å²) in [6.45, 7) is 0.325. The fourth-order valence-corrected chi connectivity index (χ4v) is 3.79. The van der Waals surface area contributed by atoms with Crippen molar-refractivity contribution in [3.05, 3.63) is 95.1 Å². The zero-order valence-corrected chi connectivity index (χ0v) is 17.9. The molecule has 1 unspecified atom stereocenters. The summed E-state index contributed by atoms with van der Waals surface area (Å²) < 4.78 is 10.8. The van der Waals surface area contributed by atoms with Crippen LogP contribution < -0.4 is 14.8 Å². The van der Waals surface area contributed by atoms with Crippen LogP contribution in [0.1, 0.15) is 17.0 Å². The third-order valence-corrected chi connectivity index (χ3v) is 5.53. The first-order chi connectivity index (χ1) is 15.2. The molecule has 0 saturated heterocycles. The van der Waals surface area contributed by atoms with E-state index < -0.39 is 0 Å². The molecular formula is C25H23ClN2O3. The number of halogens is 1. The van der Waals surface area contributed by atoms with Gasteiger partial charge in [-0.25, -0.2) is 0 Å². The highest BCUT2D eigenvalue weighted by Crippen LogP contribution is 2.31. The van der Waals surface area contributed by atoms with Crippen molar-refractivity contribution in [3.63, 3.8) is 0 Å². The van der Waals surface area contributed by atoms with Crippen LogP contribution in [0.3, 0.4) is 0 Å². The number of para-hydroxylation sites is 2. The molecule has 1 atom stereocenters. The standard InChI is InChI=1S/C25H23ClN2O3/c1-30-18-12-10-17(11-13-18)20(21-15-27-23-8-4-2-6-19(21)23)14-28-25(29)16-31-24-9-5-3-7-22(24)26/h2-13,15,20,27H,14,16H2,1H3,(H,28,29). The van der Waals surface area contributed by atoms with E-state index in [0.717, 1.165) is 27.8 Å². The van der Waals surface area contributed by atoms with Gasteiger partial charge in [0.25, 0.3) is 5.91 Å². The quantitative estimate of drug-likeness (QED) is 0.402. The zero-order valence-electron chi connectivity index (χ0n) is 17.1. The van der Waals surface area contributed by atoms with Crippen LogP contribution in [0.5, 0.6) is 11.5 Å². The Bertz CT molecular complexity index is 1170. The van der Waals surface area contributed by atoms with Gasteiger partial charge in [0.15, 0.2) is 6.61 Å². The fourth-order valence-electron chi connectivity index (χ4n) is 3.60. The number of carbonyl (C=O) groups is 1. The molecule has 0 spiro atoms. The van der Waals surface area contributed by atoms with Crippen molar-refractivity contribution in [2.45, 2.75) is 5.92 Å². The molecule has 1 aromatic heterocycles. The van der Waals surface area contributed by atoms with Crippen LogP contribution in [-0.4, -0.2) is 31.2 Å². The largest absolute Gasteiger partial charge is 0.497 e. The van der Waals surface area contributed by atoms with Gasteiger partial charge in [-0.15, -0.1) is 0 Å². The number of aromatic nitrogens is 1. The Kier molecular flexibility index (Phi) is 6.43. The number of rotatable bonds is 8. The Morgan fingerprint density at radius 2 is 1.77 bits per heavy atom. The average molecular weight is 435 g/mol. The summed E-state index contributed by atoms with van der Waals surface area (Å²) >= 11 is 6.09. The molecule has 4 aromatic rings. The molecule has 0 bridgehead atoms. The molecule has 0 aliphatic heterocycles. The lowest BCUT2D eigenvalue weighted by molar-refractivity contribution is -0.123. The summed E-state index contributed by atoms with van der Waals surface area (Å²) in [6, 6.07) is 23.1. The van der Waals surface area contributed by atoms with Gasteiger partial charge < -0.3 is 19.8 Å². The van der Waals surface area contributed by atoms with E-state index >= 15 is 0 Å². The van der Waals surface area contributed by atoms with Crippen LogP contribution in [0.15, 0.2) is 79.0 Å². The number of amides is 1. The summed E-state index contributed by atoms with van der Waals surface area (Å²) in [5.74, 6) is 1.03. The van der Waals surface area contributed by atoms with Crippen molar-refractivity contribution in [2.24, 2.45) is 0 Å². The molecule has 0 aliphatic carbocycles. The number of nitrogens with one attached hydrogen (secondary N) is 2. The van der Waals surface area contributed by atoms with Crippen LogP contribution in [0.2, 0.25) is 5.02 Å². The number of hydrogen-bond donors (Lipinski definition) is 2. The van der Waals surface area contributed by atoms with Gasteiger partial charge in [0, 0.05) is 29.6 Å². The first-order valence-electron chi connectivity index (χ1n) is 9.99. The lowest BCUT2D eigenvalue weighted by Gasteiger charge is -2.19. The smallest absolute Gasteiger partial charge is 0.257 e. The van der Waals surface area contributed by atoms with Crippen molar-refractivity contribution in [1.29, 1.82) is 0 Å². The molecule has 3 aromatic carbocycles. The second-order valence-corrected chi connectivity index (χ2v) is 7.55. The number of hydrogen-bond acceptors (Lipinski definition) is 3. The molecular weight excluding hydrogens is 412 g/mol. The average Bonchev–Trinajstić information content (AvgIpc) is 3.23. The maximum Gasteiger partial charge on any atom is 0.257 e. The lowest BCUT2D eigenvalue weighted by Crippen LogP contribution is -2.32. The predicted octanol–water partition coefficient (Wildman–Crippen LogP) is 5.16. The molecule has 158 valence electrons. The van der Waals surface area contributed by atoms with E-state index in [-0.39, 0.29) is 18.4 Å². The Morgan fingerprint density at radius 1 is 1.03 bits per heavy atom. The maximum atomic E-state index is 12.5. The van der Waals surface area contributed by atoms with E-state index in [9.17, 15) is 4.79 Å². The van der Waals surface area contributed by atoms with Gasteiger partial charge in [0.2, 0.25) is 0 Å². The first kappa shape index (κ1) is 20.8. The number of aromatic amines is 1. The van der Waals surface area contributed by atoms with Gasteiger partial charge in [0.1, 0.15) is 11.5 Å². The zero-order chi connectivity index (χ0) is 21.6. The van der Waals surface area contributed by atoms with Crippen LogP contribution in [-0.2, 0) is 4.79 Å². The van der Waals surface area contributed by atoms with E-state index in [1.807, 2.05) is 60.8 Å². The van der Waals surface area contributed by atoms with Gasteiger partial charge in [0.05, 0.1) is 12.1 Å². The van der Waals surface area contributed by atoms with Crippen molar-refractivity contribution in [2.75, 3.05) is 20.3 Å². The molecule has 6 heteroatoms. The van der Waals surface area contributed by atoms with Gasteiger partial charge in [-0.2, -0.15) is 0 Å². The van der Waals surface area contributed by atoms with Crippen LogP contribution >= 0.6 is 11.6 Å². The van der Waals surface area contributed by atoms with Crippen molar-refractivity contribution >= 4 is 28.4 Å². The third-order valence-electron chi connectivity index (χ3n) is 5.21. The van der Waals surface area contributed by atoms with E-state index in [4.69, 9.17) is 21.1 Å². The Morgan fingerprint density at radius 3 is 2.55 bits per heavy atom. The summed E-state index contributed by atoms with van der Waals surface area (Å²) in [6.07, 6.45) is 2.01. The highest BCUT2D eigenvalue weighted by Gasteiger charge is 2.19. The normalized spacial score (nSPS) is 11.8. The Balaban J connectivity index is 1.52. The Hall–Kier alpha value is -3.44. The van der Waals surface area contributed by atoms with Crippen LogP contribution in [0, 0.1) is 0 Å². The van der Waals surface area contributed by atoms with Crippen LogP contribution in [0.25, 0.3) is 10.9 Å². The van der Waals surface area contributed by atoms with E-state index in [1.54, 1.807) is 19.2 Å². The molecule has 0 aliphatic rings. The minimum Gasteiger partial charge on any atom is -0.497 e. The lowest BCUT2D eigenvalue weighted by atomic mass is 9.91. The second kappa shape index (κ2) is 9.58. The molecule has 5 nitrogen and oxygen atoms in total. The summed E-state index contributed by atoms with van der Waals surface area (Å²) in [5.41, 5.74) is 3.26. The Labute approximate surface area is 186 Å². The van der Waals surface area contributed by atoms with Gasteiger partial charge >= 0.3 is 0 Å². The summed E-state index contributed by atoms with van der Waals surface area (Å²) in [4.78, 5) is 15.8. The molecule has 2 N–H and O–H groups in total. The van der Waals surface area contributed by atoms with Gasteiger partial charge in [-0.3, -0.25) is 4.79 Å². The predicted molar refractivity (Wildman–Crippen MR) is 123 cm³/mol. The molecule has 0 saturated carbocycles. The number of carbonyl (C=O) groups excluding carboxylic acids is 1. The van der Waals surface area contributed by atoms with E-state index in [1.165, 1.54) is 0 Å². The number of ether oxygens (including phenoxy) is 2. The van der Waals surface area contributed by atoms with E-state index in [0.29, 0.717) is 17.3 Å². The van der Waals surface area contributed by atoms with Crippen molar-refractivity contribution < 1.29 is 14.3 Å². The molecule has 0 fully saturated rings. The van der Waals surface area contributed by atoms with E-state index in [2.05, 4.69) is 16.4 Å². The molecule has 31 heavy (non-hydrogen) atoms. The summed E-state index contributed by atoms with van der Waals surface area (Å²) in [7, 11) is 1.64. The monoisotopic (exact) mass is 434 g/mol. The SMILES string of the molecule is COc1ccc(C(CNC(=O)COc2ccccc2Cl)c2c[nH]c3ccccc23)cc1. The fraction of sp³-hybridized carbons (Fsp3) is 0.160. The van der Waals surface area contributed by atoms with Gasteiger partial charge in [-0.1, -0.05) is 54.1 Å². The minimum atomic E-state index is -0.210. The molecule has 1 amide bonds. The highest BCUT2D eigenvalue weighted by atomic mass is 35.5. The number of fused-ring (bicyclic) bond motifs is 1. The third kappa shape index (κ3) is 4.84. The first-order valence-corrected chi connectivity index (χ1v) is 10.4.